The van der Waals surface area contributed by atoms with Crippen molar-refractivity contribution in [1.29, 1.82) is 0 Å². The average molecular weight is 450 g/mol. The van der Waals surface area contributed by atoms with E-state index in [-0.39, 0.29) is 25.7 Å². The minimum Gasteiger partial charge on any atom is -0.461 e. The Hall–Kier alpha value is -1.64. The zero-order chi connectivity index (χ0) is 21.1. The van der Waals surface area contributed by atoms with Crippen LogP contribution in [-0.2, 0) is 34.7 Å². The SMILES string of the molecule is O=S(=O)(F)CCCCOC(OC(OCCCCS(=O)(=O)F)=C(F)F)=C(F)F. The van der Waals surface area contributed by atoms with Crippen LogP contribution in [0.2, 0.25) is 0 Å². The van der Waals surface area contributed by atoms with Crippen LogP contribution in [0.25, 0.3) is 0 Å². The van der Waals surface area contributed by atoms with Crippen molar-refractivity contribution >= 4 is 20.4 Å². The lowest BCUT2D eigenvalue weighted by atomic mass is 10.4. The second-order valence-electron chi connectivity index (χ2n) is 4.79. The standard InChI is InChI=1S/C12H16F6O7S2/c13-9(14)11(23-5-1-3-7-26(17,19)20)25-12(10(15)16)24-6-2-4-8-27(18,21)22/h1-8H2. The highest BCUT2D eigenvalue weighted by atomic mass is 32.3. The van der Waals surface area contributed by atoms with E-state index < -0.39 is 69.2 Å². The molecule has 160 valence electrons. The summed E-state index contributed by atoms with van der Waals surface area (Å²) in [6.07, 6.45) is -6.18. The number of hydrogen-bond donors (Lipinski definition) is 0. The summed E-state index contributed by atoms with van der Waals surface area (Å²) in [7, 11) is -9.46. The summed E-state index contributed by atoms with van der Waals surface area (Å²) in [5.41, 5.74) is 0. The Bertz CT molecular complexity index is 663. The number of unbranched alkanes of at least 4 members (excludes halogenated alkanes) is 2. The zero-order valence-corrected chi connectivity index (χ0v) is 15.2. The van der Waals surface area contributed by atoms with Gasteiger partial charge < -0.3 is 14.2 Å². The van der Waals surface area contributed by atoms with Gasteiger partial charge in [0.1, 0.15) is 0 Å². The lowest BCUT2D eigenvalue weighted by molar-refractivity contribution is -0.0293. The van der Waals surface area contributed by atoms with E-state index in [0.717, 1.165) is 0 Å². The van der Waals surface area contributed by atoms with E-state index in [1.807, 2.05) is 0 Å². The van der Waals surface area contributed by atoms with Crippen molar-refractivity contribution in [3.05, 3.63) is 24.1 Å². The third-order valence-electron chi connectivity index (χ3n) is 2.53. The Morgan fingerprint density at radius 2 is 0.963 bits per heavy atom. The Balaban J connectivity index is 4.48. The van der Waals surface area contributed by atoms with Crippen molar-refractivity contribution in [2.45, 2.75) is 25.7 Å². The fourth-order valence-corrected chi connectivity index (χ4v) is 2.51. The topological polar surface area (TPSA) is 96.0 Å². The molecule has 0 unspecified atom stereocenters. The maximum atomic E-state index is 12.6. The van der Waals surface area contributed by atoms with Gasteiger partial charge >= 0.3 is 44.5 Å². The number of halogens is 6. The molecule has 0 aliphatic carbocycles. The minimum atomic E-state index is -4.73. The second-order valence-corrected chi connectivity index (χ2v) is 7.77. The van der Waals surface area contributed by atoms with Crippen LogP contribution in [0.15, 0.2) is 24.1 Å². The van der Waals surface area contributed by atoms with Gasteiger partial charge in [-0.15, -0.1) is 7.77 Å². The molecule has 27 heavy (non-hydrogen) atoms. The van der Waals surface area contributed by atoms with Crippen LogP contribution >= 0.6 is 0 Å². The molecule has 0 amide bonds. The van der Waals surface area contributed by atoms with Crippen LogP contribution < -0.4 is 0 Å². The first-order valence-corrected chi connectivity index (χ1v) is 10.3. The molecule has 0 saturated heterocycles. The van der Waals surface area contributed by atoms with Crippen LogP contribution in [0.3, 0.4) is 0 Å². The van der Waals surface area contributed by atoms with Gasteiger partial charge in [-0.25, -0.2) is 0 Å². The zero-order valence-electron chi connectivity index (χ0n) is 13.6. The van der Waals surface area contributed by atoms with Crippen LogP contribution in [0, 0.1) is 0 Å². The molecule has 0 aromatic heterocycles. The Kier molecular flexibility index (Phi) is 11.2. The van der Waals surface area contributed by atoms with Crippen molar-refractivity contribution in [3.8, 4) is 0 Å². The van der Waals surface area contributed by atoms with Gasteiger partial charge in [-0.1, -0.05) is 0 Å². The molecule has 7 nitrogen and oxygen atoms in total. The highest BCUT2D eigenvalue weighted by molar-refractivity contribution is 7.86. The highest BCUT2D eigenvalue weighted by Crippen LogP contribution is 2.21. The van der Waals surface area contributed by atoms with Gasteiger partial charge in [-0.3, -0.25) is 0 Å². The summed E-state index contributed by atoms with van der Waals surface area (Å²) in [6.45, 7) is -1.17. The molecule has 0 spiro atoms. The molecule has 0 atom stereocenters. The largest absolute Gasteiger partial charge is 0.461 e. The monoisotopic (exact) mass is 450 g/mol. The summed E-state index contributed by atoms with van der Waals surface area (Å²) in [6, 6.07) is 0. The Labute approximate surface area is 152 Å². The van der Waals surface area contributed by atoms with Crippen molar-refractivity contribution in [1.82, 2.24) is 0 Å². The summed E-state index contributed by atoms with van der Waals surface area (Å²) in [5, 5.41) is 0. The first kappa shape index (κ1) is 25.4. The first-order chi connectivity index (χ1) is 12.3. The molecule has 0 heterocycles. The molecule has 0 aromatic rings. The van der Waals surface area contributed by atoms with Crippen LogP contribution in [-0.4, -0.2) is 41.6 Å². The van der Waals surface area contributed by atoms with Crippen molar-refractivity contribution < 1.29 is 56.4 Å². The van der Waals surface area contributed by atoms with Gasteiger partial charge in [0.15, 0.2) is 0 Å². The molecule has 0 aliphatic rings. The molecule has 0 N–H and O–H groups in total. The van der Waals surface area contributed by atoms with E-state index in [1.54, 1.807) is 0 Å². The predicted molar refractivity (Wildman–Crippen MR) is 79.7 cm³/mol. The summed E-state index contributed by atoms with van der Waals surface area (Å²) in [5.74, 6) is -4.99. The summed E-state index contributed by atoms with van der Waals surface area (Å²) < 4.78 is 129. The fraction of sp³-hybridized carbons (Fsp3) is 0.667. The fourth-order valence-electron chi connectivity index (χ4n) is 1.41. The van der Waals surface area contributed by atoms with Gasteiger partial charge in [0.05, 0.1) is 24.7 Å². The van der Waals surface area contributed by atoms with Crippen molar-refractivity contribution in [2.75, 3.05) is 24.7 Å². The predicted octanol–water partition coefficient (Wildman–Crippen LogP) is 3.33. The van der Waals surface area contributed by atoms with Crippen molar-refractivity contribution in [2.24, 2.45) is 0 Å². The van der Waals surface area contributed by atoms with Gasteiger partial charge in [-0.05, 0) is 25.7 Å². The van der Waals surface area contributed by atoms with E-state index in [4.69, 9.17) is 0 Å². The molecule has 0 fully saturated rings. The van der Waals surface area contributed by atoms with Crippen molar-refractivity contribution in [3.63, 3.8) is 0 Å². The summed E-state index contributed by atoms with van der Waals surface area (Å²) >= 11 is 0. The molecule has 0 aromatic carbocycles. The van der Waals surface area contributed by atoms with E-state index >= 15 is 0 Å². The maximum Gasteiger partial charge on any atom is 0.355 e. The summed E-state index contributed by atoms with van der Waals surface area (Å²) in [4.78, 5) is 0. The van der Waals surface area contributed by atoms with Crippen LogP contribution in [0.4, 0.5) is 25.3 Å². The molecule has 15 heteroatoms. The average Bonchev–Trinajstić information content (AvgIpc) is 2.48. The molecular formula is C12H16F6O7S2. The molecule has 0 saturated carbocycles. The molecule has 0 rings (SSSR count). The first-order valence-electron chi connectivity index (χ1n) is 7.20. The molecule has 0 aliphatic heterocycles. The van der Waals surface area contributed by atoms with Gasteiger partial charge in [0, 0.05) is 0 Å². The lowest BCUT2D eigenvalue weighted by Gasteiger charge is -2.13. The van der Waals surface area contributed by atoms with E-state index in [2.05, 4.69) is 14.2 Å². The number of ether oxygens (including phenoxy) is 3. The Morgan fingerprint density at radius 3 is 1.22 bits per heavy atom. The Morgan fingerprint density at radius 1 is 0.630 bits per heavy atom. The van der Waals surface area contributed by atoms with Crippen LogP contribution in [0.5, 0.6) is 0 Å². The smallest absolute Gasteiger partial charge is 0.355 e. The quantitative estimate of drug-likeness (QED) is 0.173. The minimum absolute atomic E-state index is 0.195. The maximum absolute atomic E-state index is 12.6. The van der Waals surface area contributed by atoms with E-state index in [9.17, 15) is 42.2 Å². The second kappa shape index (κ2) is 11.9. The normalized spacial score (nSPS) is 11.6. The molecule has 0 radical (unpaired) electrons. The number of hydrogen-bond acceptors (Lipinski definition) is 7. The van der Waals surface area contributed by atoms with Crippen LogP contribution in [0.1, 0.15) is 25.7 Å². The van der Waals surface area contributed by atoms with Gasteiger partial charge in [0.2, 0.25) is 0 Å². The molecular weight excluding hydrogens is 434 g/mol. The number of rotatable bonds is 14. The lowest BCUT2D eigenvalue weighted by Crippen LogP contribution is -2.07. The van der Waals surface area contributed by atoms with Gasteiger partial charge in [-0.2, -0.15) is 34.4 Å². The molecule has 0 bridgehead atoms. The van der Waals surface area contributed by atoms with E-state index in [0.29, 0.717) is 0 Å². The highest BCUT2D eigenvalue weighted by Gasteiger charge is 2.19. The third kappa shape index (κ3) is 15.1. The van der Waals surface area contributed by atoms with Gasteiger partial charge in [0.25, 0.3) is 0 Å². The third-order valence-corrected chi connectivity index (χ3v) is 4.08. The van der Waals surface area contributed by atoms with E-state index in [1.165, 1.54) is 0 Å².